The van der Waals surface area contributed by atoms with Crippen LogP contribution in [0.15, 0.2) is 29.2 Å². The zero-order chi connectivity index (χ0) is 16.4. The van der Waals surface area contributed by atoms with E-state index in [1.807, 2.05) is 0 Å². The second-order valence-corrected chi connectivity index (χ2v) is 7.38. The first kappa shape index (κ1) is 16.2. The summed E-state index contributed by atoms with van der Waals surface area (Å²) < 4.78 is 31.5. The summed E-state index contributed by atoms with van der Waals surface area (Å²) in [5.41, 5.74) is 0.546. The maximum absolute atomic E-state index is 12.5. The van der Waals surface area contributed by atoms with Crippen molar-refractivity contribution in [2.24, 2.45) is 0 Å². The molecule has 1 amide bonds. The molecule has 3 rings (SSSR count). The molecule has 2 aliphatic rings. The van der Waals surface area contributed by atoms with Crippen LogP contribution < -0.4 is 10.2 Å². The molecular formula is C14H19N3O5S. The highest BCUT2D eigenvalue weighted by Crippen LogP contribution is 2.24. The van der Waals surface area contributed by atoms with Gasteiger partial charge in [0.2, 0.25) is 10.0 Å². The highest BCUT2D eigenvalue weighted by molar-refractivity contribution is 7.89. The Balaban J connectivity index is 1.78. The van der Waals surface area contributed by atoms with Crippen LogP contribution in [-0.4, -0.2) is 69.4 Å². The Labute approximate surface area is 134 Å². The van der Waals surface area contributed by atoms with Crippen molar-refractivity contribution in [3.8, 4) is 0 Å². The van der Waals surface area contributed by atoms with E-state index in [-0.39, 0.29) is 18.0 Å². The smallest absolute Gasteiger partial charge is 0.414 e. The lowest BCUT2D eigenvalue weighted by Crippen LogP contribution is -2.46. The average molecular weight is 341 g/mol. The van der Waals surface area contributed by atoms with Gasteiger partial charge in [0.05, 0.1) is 18.0 Å². The number of aliphatic hydroxyl groups is 1. The highest BCUT2D eigenvalue weighted by atomic mass is 32.2. The molecule has 2 saturated heterocycles. The maximum Gasteiger partial charge on any atom is 0.414 e. The fraction of sp³-hybridized carbons (Fsp3) is 0.500. The number of amides is 1. The minimum Gasteiger partial charge on any atom is -0.441 e. The molecule has 23 heavy (non-hydrogen) atoms. The molecule has 2 fully saturated rings. The van der Waals surface area contributed by atoms with Crippen LogP contribution in [0.3, 0.4) is 0 Å². The van der Waals surface area contributed by atoms with Crippen molar-refractivity contribution in [2.75, 3.05) is 44.2 Å². The number of hydrogen-bond donors (Lipinski definition) is 2. The molecule has 0 aliphatic carbocycles. The highest BCUT2D eigenvalue weighted by Gasteiger charge is 2.32. The maximum atomic E-state index is 12.5. The van der Waals surface area contributed by atoms with Gasteiger partial charge in [-0.2, -0.15) is 4.31 Å². The van der Waals surface area contributed by atoms with Crippen LogP contribution in [0.1, 0.15) is 0 Å². The Morgan fingerprint density at radius 2 is 1.87 bits per heavy atom. The molecule has 0 aromatic heterocycles. The first-order chi connectivity index (χ1) is 11.0. The normalized spacial score (nSPS) is 23.1. The number of ether oxygens (including phenoxy) is 1. The molecule has 2 heterocycles. The third kappa shape index (κ3) is 3.18. The van der Waals surface area contributed by atoms with Gasteiger partial charge < -0.3 is 15.2 Å². The van der Waals surface area contributed by atoms with Crippen molar-refractivity contribution in [3.05, 3.63) is 24.3 Å². The predicted octanol–water partition coefficient (Wildman–Crippen LogP) is -0.402. The summed E-state index contributed by atoms with van der Waals surface area (Å²) in [6.07, 6.45) is -1.09. The Hall–Kier alpha value is -1.68. The van der Waals surface area contributed by atoms with Crippen LogP contribution in [0.25, 0.3) is 0 Å². The van der Waals surface area contributed by atoms with Crippen LogP contribution >= 0.6 is 0 Å². The summed E-state index contributed by atoms with van der Waals surface area (Å²) in [5, 5.41) is 12.2. The Morgan fingerprint density at radius 1 is 1.22 bits per heavy atom. The number of sulfonamides is 1. The Bertz CT molecular complexity index is 670. The number of hydrogen-bond acceptors (Lipinski definition) is 6. The van der Waals surface area contributed by atoms with E-state index in [9.17, 15) is 13.2 Å². The van der Waals surface area contributed by atoms with Crippen LogP contribution in [0.2, 0.25) is 0 Å². The topological polar surface area (TPSA) is 99.2 Å². The Morgan fingerprint density at radius 3 is 2.43 bits per heavy atom. The minimum absolute atomic E-state index is 0.203. The zero-order valence-electron chi connectivity index (χ0n) is 12.5. The van der Waals surface area contributed by atoms with Gasteiger partial charge in [0.25, 0.3) is 0 Å². The van der Waals surface area contributed by atoms with Gasteiger partial charge in [0.15, 0.2) is 0 Å². The molecule has 0 spiro atoms. The average Bonchev–Trinajstić information content (AvgIpc) is 2.97. The van der Waals surface area contributed by atoms with Gasteiger partial charge in [0, 0.05) is 31.9 Å². The number of benzene rings is 1. The predicted molar refractivity (Wildman–Crippen MR) is 82.8 cm³/mol. The van der Waals surface area contributed by atoms with Gasteiger partial charge in [-0.25, -0.2) is 13.2 Å². The van der Waals surface area contributed by atoms with Gasteiger partial charge in [-0.1, -0.05) is 0 Å². The third-order valence-electron chi connectivity index (χ3n) is 3.94. The number of nitrogens with zero attached hydrogens (tertiary/aromatic N) is 2. The van der Waals surface area contributed by atoms with Crippen molar-refractivity contribution in [1.29, 1.82) is 0 Å². The summed E-state index contributed by atoms with van der Waals surface area (Å²) in [6, 6.07) is 6.14. The van der Waals surface area contributed by atoms with Crippen molar-refractivity contribution < 1.29 is 23.1 Å². The molecule has 1 atom stereocenters. The number of cyclic esters (lactones) is 1. The van der Waals surface area contributed by atoms with E-state index in [0.717, 1.165) is 0 Å². The van der Waals surface area contributed by atoms with Crippen LogP contribution in [-0.2, 0) is 14.8 Å². The summed E-state index contributed by atoms with van der Waals surface area (Å²) >= 11 is 0. The first-order valence-electron chi connectivity index (χ1n) is 7.42. The number of piperazine rings is 1. The molecule has 2 N–H and O–H groups in total. The zero-order valence-corrected chi connectivity index (χ0v) is 13.3. The quantitative estimate of drug-likeness (QED) is 0.773. The molecule has 9 heteroatoms. The van der Waals surface area contributed by atoms with Crippen LogP contribution in [0, 0.1) is 0 Å². The van der Waals surface area contributed by atoms with E-state index in [4.69, 9.17) is 9.84 Å². The lowest BCUT2D eigenvalue weighted by atomic mass is 10.3. The molecular weight excluding hydrogens is 322 g/mol. The fourth-order valence-electron chi connectivity index (χ4n) is 2.66. The second kappa shape index (κ2) is 6.44. The number of carbonyl (C=O) groups is 1. The Kier molecular flexibility index (Phi) is 4.53. The van der Waals surface area contributed by atoms with Crippen molar-refractivity contribution in [2.45, 2.75) is 11.0 Å². The van der Waals surface area contributed by atoms with E-state index in [1.54, 1.807) is 12.1 Å². The van der Waals surface area contributed by atoms with Crippen LogP contribution in [0.4, 0.5) is 10.5 Å². The van der Waals surface area contributed by atoms with Crippen molar-refractivity contribution in [1.82, 2.24) is 9.62 Å². The summed E-state index contributed by atoms with van der Waals surface area (Å²) in [4.78, 5) is 13.3. The van der Waals surface area contributed by atoms with Crippen LogP contribution in [0.5, 0.6) is 0 Å². The minimum atomic E-state index is -3.51. The summed E-state index contributed by atoms with van der Waals surface area (Å²) in [7, 11) is -3.51. The van der Waals surface area contributed by atoms with Crippen molar-refractivity contribution in [3.63, 3.8) is 0 Å². The van der Waals surface area contributed by atoms with E-state index >= 15 is 0 Å². The molecule has 0 bridgehead atoms. The van der Waals surface area contributed by atoms with Crippen molar-refractivity contribution >= 4 is 21.8 Å². The summed E-state index contributed by atoms with van der Waals surface area (Å²) in [5.74, 6) is 0. The van der Waals surface area contributed by atoms with E-state index in [1.165, 1.54) is 21.3 Å². The molecule has 0 radical (unpaired) electrons. The van der Waals surface area contributed by atoms with Gasteiger partial charge in [-0.15, -0.1) is 0 Å². The van der Waals surface area contributed by atoms with Gasteiger partial charge in [-0.05, 0) is 24.3 Å². The molecule has 2 aliphatic heterocycles. The molecule has 1 aromatic carbocycles. The fourth-order valence-corrected chi connectivity index (χ4v) is 4.10. The number of aliphatic hydroxyl groups excluding tert-OH is 1. The van der Waals surface area contributed by atoms with Gasteiger partial charge in [-0.3, -0.25) is 4.90 Å². The SMILES string of the molecule is O=C1O[C@H](CO)CN1c1ccc(S(=O)(=O)N2CCNCC2)cc1. The largest absolute Gasteiger partial charge is 0.441 e. The summed E-state index contributed by atoms with van der Waals surface area (Å²) in [6.45, 7) is 2.18. The molecule has 126 valence electrons. The molecule has 1 aromatic rings. The molecule has 8 nitrogen and oxygen atoms in total. The number of nitrogens with one attached hydrogen (secondary N) is 1. The van der Waals surface area contributed by atoms with Gasteiger partial charge in [0.1, 0.15) is 6.10 Å². The number of rotatable bonds is 4. The van der Waals surface area contributed by atoms with E-state index in [2.05, 4.69) is 5.32 Å². The number of carbonyl (C=O) groups excluding carboxylic acids is 1. The van der Waals surface area contributed by atoms with E-state index < -0.39 is 22.2 Å². The lowest BCUT2D eigenvalue weighted by Gasteiger charge is -2.26. The monoisotopic (exact) mass is 341 g/mol. The van der Waals surface area contributed by atoms with E-state index in [0.29, 0.717) is 31.9 Å². The molecule has 0 unspecified atom stereocenters. The first-order valence-corrected chi connectivity index (χ1v) is 8.86. The second-order valence-electron chi connectivity index (χ2n) is 5.45. The third-order valence-corrected chi connectivity index (χ3v) is 5.85. The lowest BCUT2D eigenvalue weighted by molar-refractivity contribution is 0.0963. The number of anilines is 1. The standard InChI is InChI=1S/C14H19N3O5S/c18-10-12-9-17(14(19)22-12)11-1-3-13(4-2-11)23(20,21)16-7-5-15-6-8-16/h1-4,12,15,18H,5-10H2/t12-/m0/s1. The molecule has 0 saturated carbocycles. The van der Waals surface area contributed by atoms with Gasteiger partial charge >= 0.3 is 6.09 Å².